The number of nitrogens with zero attached hydrogens (tertiary/aromatic N) is 1. The number of fused-ring (bicyclic) bond motifs is 1. The van der Waals surface area contributed by atoms with Crippen molar-refractivity contribution in [2.45, 2.75) is 19.9 Å². The zero-order valence-electron chi connectivity index (χ0n) is 10.1. The molecule has 1 aromatic carbocycles. The Hall–Kier alpha value is -1.28. The molecule has 0 spiro atoms. The van der Waals surface area contributed by atoms with Crippen molar-refractivity contribution in [1.82, 2.24) is 4.90 Å². The van der Waals surface area contributed by atoms with Crippen molar-refractivity contribution in [1.29, 1.82) is 0 Å². The highest BCUT2D eigenvalue weighted by molar-refractivity contribution is 5.39. The summed E-state index contributed by atoms with van der Waals surface area (Å²) < 4.78 is 5.50. The number of benzene rings is 1. The molecule has 1 aliphatic rings. The van der Waals surface area contributed by atoms with Gasteiger partial charge in [-0.3, -0.25) is 4.90 Å². The predicted molar refractivity (Wildman–Crippen MR) is 66.8 cm³/mol. The van der Waals surface area contributed by atoms with E-state index in [0.717, 1.165) is 31.9 Å². The lowest BCUT2D eigenvalue weighted by atomic mass is 10.1. The largest absolute Gasteiger partial charge is 0.493 e. The summed E-state index contributed by atoms with van der Waals surface area (Å²) in [4.78, 5) is 2.30. The van der Waals surface area contributed by atoms with E-state index in [-0.39, 0.29) is 0 Å². The average molecular weight is 217 g/mol. The van der Waals surface area contributed by atoms with Gasteiger partial charge in [-0.25, -0.2) is 0 Å². The van der Waals surface area contributed by atoms with Gasteiger partial charge in [0.2, 0.25) is 0 Å². The maximum atomic E-state index is 5.50. The molecule has 0 bridgehead atoms. The predicted octanol–water partition coefficient (Wildman–Crippen LogP) is 2.63. The third-order valence-electron chi connectivity index (χ3n) is 2.86. The van der Waals surface area contributed by atoms with Crippen LogP contribution >= 0.6 is 0 Å². The molecule has 0 fully saturated rings. The number of allylic oxidation sites excluding steroid dienone is 1. The molecule has 2 rings (SSSR count). The molecule has 0 saturated heterocycles. The van der Waals surface area contributed by atoms with Crippen molar-refractivity contribution >= 4 is 0 Å². The van der Waals surface area contributed by atoms with Crippen LogP contribution in [0.15, 0.2) is 30.4 Å². The van der Waals surface area contributed by atoms with E-state index in [4.69, 9.17) is 4.74 Å². The van der Waals surface area contributed by atoms with Crippen LogP contribution in [0.1, 0.15) is 18.1 Å². The molecule has 0 atom stereocenters. The molecule has 0 aliphatic carbocycles. The third kappa shape index (κ3) is 2.64. The van der Waals surface area contributed by atoms with E-state index >= 15 is 0 Å². The molecule has 0 aromatic heterocycles. The van der Waals surface area contributed by atoms with E-state index in [9.17, 15) is 0 Å². The van der Waals surface area contributed by atoms with Gasteiger partial charge >= 0.3 is 0 Å². The lowest BCUT2D eigenvalue weighted by molar-refractivity contribution is 0.355. The van der Waals surface area contributed by atoms with Gasteiger partial charge in [0.05, 0.1) is 6.61 Å². The van der Waals surface area contributed by atoms with Crippen molar-refractivity contribution in [2.75, 3.05) is 20.2 Å². The van der Waals surface area contributed by atoms with Crippen molar-refractivity contribution in [3.63, 3.8) is 0 Å². The van der Waals surface area contributed by atoms with Gasteiger partial charge in [0.25, 0.3) is 0 Å². The van der Waals surface area contributed by atoms with Crippen molar-refractivity contribution in [2.24, 2.45) is 0 Å². The first-order valence-corrected chi connectivity index (χ1v) is 5.84. The molecule has 16 heavy (non-hydrogen) atoms. The van der Waals surface area contributed by atoms with Crippen LogP contribution < -0.4 is 4.74 Å². The van der Waals surface area contributed by atoms with Crippen LogP contribution in [-0.2, 0) is 13.0 Å². The maximum Gasteiger partial charge on any atom is 0.122 e. The zero-order chi connectivity index (χ0) is 11.4. The van der Waals surface area contributed by atoms with Crippen molar-refractivity contribution in [3.8, 4) is 5.75 Å². The Morgan fingerprint density at radius 3 is 3.12 bits per heavy atom. The van der Waals surface area contributed by atoms with Crippen LogP contribution in [0, 0.1) is 0 Å². The number of hydrogen-bond acceptors (Lipinski definition) is 2. The lowest BCUT2D eigenvalue weighted by Gasteiger charge is -2.14. The monoisotopic (exact) mass is 217 g/mol. The van der Waals surface area contributed by atoms with Gasteiger partial charge in [-0.1, -0.05) is 24.3 Å². The van der Waals surface area contributed by atoms with Crippen molar-refractivity contribution in [3.05, 3.63) is 41.5 Å². The normalized spacial score (nSPS) is 14.4. The Labute approximate surface area is 97.5 Å². The highest BCUT2D eigenvalue weighted by Gasteiger charge is 2.12. The SMILES string of the molecule is CC=CCN(C)Cc1ccc2c(c1)CCO2. The van der Waals surface area contributed by atoms with Gasteiger partial charge in [-0.15, -0.1) is 0 Å². The summed E-state index contributed by atoms with van der Waals surface area (Å²) in [6.07, 6.45) is 5.32. The Morgan fingerprint density at radius 1 is 1.44 bits per heavy atom. The fourth-order valence-corrected chi connectivity index (χ4v) is 2.00. The first kappa shape index (κ1) is 11.2. The highest BCUT2D eigenvalue weighted by atomic mass is 16.5. The molecule has 0 unspecified atom stereocenters. The van der Waals surface area contributed by atoms with Gasteiger partial charge < -0.3 is 4.74 Å². The van der Waals surface area contributed by atoms with Crippen LogP contribution in [0.4, 0.5) is 0 Å². The van der Waals surface area contributed by atoms with Crippen LogP contribution in [0.5, 0.6) is 5.75 Å². The third-order valence-corrected chi connectivity index (χ3v) is 2.86. The summed E-state index contributed by atoms with van der Waals surface area (Å²) in [6, 6.07) is 6.53. The Kier molecular flexibility index (Phi) is 3.62. The smallest absolute Gasteiger partial charge is 0.122 e. The van der Waals surface area contributed by atoms with E-state index in [2.05, 4.69) is 49.2 Å². The molecular formula is C14H19NO. The fraction of sp³-hybridized carbons (Fsp3) is 0.429. The molecule has 86 valence electrons. The molecule has 2 heteroatoms. The fourth-order valence-electron chi connectivity index (χ4n) is 2.00. The van der Waals surface area contributed by atoms with Gasteiger partial charge in [-0.2, -0.15) is 0 Å². The van der Waals surface area contributed by atoms with E-state index in [1.807, 2.05) is 0 Å². The molecule has 2 nitrogen and oxygen atoms in total. The summed E-state index contributed by atoms with van der Waals surface area (Å²) >= 11 is 0. The van der Waals surface area contributed by atoms with E-state index < -0.39 is 0 Å². The van der Waals surface area contributed by atoms with Gasteiger partial charge in [0.1, 0.15) is 5.75 Å². The quantitative estimate of drug-likeness (QED) is 0.719. The second kappa shape index (κ2) is 5.17. The first-order chi connectivity index (χ1) is 7.79. The molecule has 0 N–H and O–H groups in total. The molecule has 1 aliphatic heterocycles. The Bertz CT molecular complexity index is 384. The Balaban J connectivity index is 1.99. The average Bonchev–Trinajstić information content (AvgIpc) is 2.73. The Morgan fingerprint density at radius 2 is 2.31 bits per heavy atom. The molecule has 0 radical (unpaired) electrons. The van der Waals surface area contributed by atoms with Crippen LogP contribution in [0.3, 0.4) is 0 Å². The number of hydrogen-bond donors (Lipinski definition) is 0. The van der Waals surface area contributed by atoms with Crippen LogP contribution in [-0.4, -0.2) is 25.1 Å². The molecule has 0 amide bonds. The summed E-state index contributed by atoms with van der Waals surface area (Å²) in [7, 11) is 2.14. The number of ether oxygens (including phenoxy) is 1. The standard InChI is InChI=1S/C14H19NO/c1-3-4-8-15(2)11-12-5-6-14-13(10-12)7-9-16-14/h3-6,10H,7-9,11H2,1-2H3. The minimum atomic E-state index is 0.840. The van der Waals surface area contributed by atoms with Crippen LogP contribution in [0.2, 0.25) is 0 Å². The zero-order valence-corrected chi connectivity index (χ0v) is 10.1. The van der Waals surface area contributed by atoms with E-state index in [0.29, 0.717) is 0 Å². The molecule has 1 aromatic rings. The highest BCUT2D eigenvalue weighted by Crippen LogP contribution is 2.26. The molecular weight excluding hydrogens is 198 g/mol. The second-order valence-corrected chi connectivity index (χ2v) is 4.31. The second-order valence-electron chi connectivity index (χ2n) is 4.31. The van der Waals surface area contributed by atoms with E-state index in [1.54, 1.807) is 0 Å². The van der Waals surface area contributed by atoms with Gasteiger partial charge in [0, 0.05) is 19.5 Å². The van der Waals surface area contributed by atoms with Crippen molar-refractivity contribution < 1.29 is 4.74 Å². The van der Waals surface area contributed by atoms with Gasteiger partial charge in [-0.05, 0) is 31.2 Å². The summed E-state index contributed by atoms with van der Waals surface area (Å²) in [5.41, 5.74) is 2.73. The minimum absolute atomic E-state index is 0.840. The van der Waals surface area contributed by atoms with Gasteiger partial charge in [0.15, 0.2) is 0 Å². The topological polar surface area (TPSA) is 12.5 Å². The maximum absolute atomic E-state index is 5.50. The lowest BCUT2D eigenvalue weighted by Crippen LogP contribution is -2.17. The van der Waals surface area contributed by atoms with E-state index in [1.165, 1.54) is 11.1 Å². The summed E-state index contributed by atoms with van der Waals surface area (Å²) in [6.45, 7) is 4.90. The molecule has 1 heterocycles. The minimum Gasteiger partial charge on any atom is -0.493 e. The summed E-state index contributed by atoms with van der Waals surface area (Å²) in [5, 5.41) is 0. The van der Waals surface area contributed by atoms with Crippen LogP contribution in [0.25, 0.3) is 0 Å². The first-order valence-electron chi connectivity index (χ1n) is 5.84. The number of likely N-dealkylation sites (N-methyl/N-ethyl adjacent to an activating group) is 1. The molecule has 0 saturated carbocycles. The number of rotatable bonds is 4. The summed E-state index contributed by atoms with van der Waals surface area (Å²) in [5.74, 6) is 1.07.